The Balaban J connectivity index is 1.59. The minimum absolute atomic E-state index is 0.00230. The second-order valence-corrected chi connectivity index (χ2v) is 6.65. The Kier molecular flexibility index (Phi) is 5.54. The number of urea groups is 1. The molecule has 28 heavy (non-hydrogen) atoms. The van der Waals surface area contributed by atoms with E-state index in [4.69, 9.17) is 4.74 Å². The van der Waals surface area contributed by atoms with Gasteiger partial charge in [0.2, 0.25) is 11.7 Å². The van der Waals surface area contributed by atoms with Crippen molar-refractivity contribution < 1.29 is 23.9 Å². The molecule has 1 aliphatic rings. The number of carbonyl (C=O) groups excluding carboxylic acids is 4. The molecule has 1 aliphatic heterocycles. The van der Waals surface area contributed by atoms with Gasteiger partial charge in [-0.05, 0) is 43.2 Å². The Morgan fingerprint density at radius 2 is 1.79 bits per heavy atom. The smallest absolute Gasteiger partial charge is 0.338 e. The molecule has 2 aromatic carbocycles. The van der Waals surface area contributed by atoms with Crippen LogP contribution in [0.1, 0.15) is 37.4 Å². The third kappa shape index (κ3) is 4.25. The molecule has 1 heterocycles. The number of benzene rings is 2. The summed E-state index contributed by atoms with van der Waals surface area (Å²) in [7, 11) is 0. The van der Waals surface area contributed by atoms with Crippen LogP contribution in [0.4, 0.5) is 4.79 Å². The third-order valence-corrected chi connectivity index (χ3v) is 4.50. The molecule has 0 spiro atoms. The topological polar surface area (TPSA) is 92.8 Å². The lowest BCUT2D eigenvalue weighted by molar-refractivity contribution is -0.125. The van der Waals surface area contributed by atoms with Crippen molar-refractivity contribution in [1.29, 1.82) is 0 Å². The molecule has 0 bridgehead atoms. The highest BCUT2D eigenvalue weighted by atomic mass is 16.5. The molecule has 0 radical (unpaired) electrons. The Morgan fingerprint density at radius 3 is 2.43 bits per heavy atom. The maximum absolute atomic E-state index is 12.3. The molecule has 0 aliphatic carbocycles. The van der Waals surface area contributed by atoms with Crippen molar-refractivity contribution in [2.45, 2.75) is 20.4 Å². The van der Waals surface area contributed by atoms with Crippen LogP contribution in [0, 0.1) is 13.8 Å². The van der Waals surface area contributed by atoms with Crippen molar-refractivity contribution in [3.8, 4) is 0 Å². The first-order valence-electron chi connectivity index (χ1n) is 8.80. The summed E-state index contributed by atoms with van der Waals surface area (Å²) in [5.74, 6) is -1.16. The average Bonchev–Trinajstić information content (AvgIpc) is 3.00. The molecular formula is C21H20N2O5. The third-order valence-electron chi connectivity index (χ3n) is 4.50. The number of Topliss-reactive ketones (excluding diaryl/α,β-unsaturated/α-hetero) is 1. The Labute approximate surface area is 162 Å². The van der Waals surface area contributed by atoms with Gasteiger partial charge < -0.3 is 10.1 Å². The lowest BCUT2D eigenvalue weighted by Crippen LogP contribution is -2.30. The van der Waals surface area contributed by atoms with Gasteiger partial charge in [-0.1, -0.05) is 29.8 Å². The maximum atomic E-state index is 12.3. The number of rotatable bonds is 6. The van der Waals surface area contributed by atoms with Crippen LogP contribution in [-0.4, -0.2) is 41.7 Å². The van der Waals surface area contributed by atoms with Crippen LogP contribution in [0.3, 0.4) is 0 Å². The Hall–Kier alpha value is -3.48. The van der Waals surface area contributed by atoms with Crippen LogP contribution >= 0.6 is 0 Å². The number of nitrogens with zero attached hydrogens (tertiary/aromatic N) is 1. The number of imide groups is 1. The second-order valence-electron chi connectivity index (χ2n) is 6.65. The van der Waals surface area contributed by atoms with Crippen LogP contribution in [0.5, 0.6) is 0 Å². The van der Waals surface area contributed by atoms with E-state index in [0.717, 1.165) is 16.0 Å². The highest BCUT2D eigenvalue weighted by Crippen LogP contribution is 2.13. The SMILES string of the molecule is Cc1ccc(C)c(C(=O)COC(=O)c2ccc(CN3C(=O)CNC3=O)cc2)c1. The molecule has 0 atom stereocenters. The van der Waals surface area contributed by atoms with Gasteiger partial charge in [0.05, 0.1) is 18.7 Å². The summed E-state index contributed by atoms with van der Waals surface area (Å²) < 4.78 is 5.13. The van der Waals surface area contributed by atoms with Gasteiger partial charge in [0.15, 0.2) is 6.61 Å². The summed E-state index contributed by atoms with van der Waals surface area (Å²) >= 11 is 0. The molecule has 3 rings (SSSR count). The van der Waals surface area contributed by atoms with Gasteiger partial charge in [-0.3, -0.25) is 14.5 Å². The van der Waals surface area contributed by atoms with Crippen LogP contribution in [0.15, 0.2) is 42.5 Å². The second kappa shape index (κ2) is 8.04. The molecule has 144 valence electrons. The largest absolute Gasteiger partial charge is 0.454 e. The van der Waals surface area contributed by atoms with Gasteiger partial charge >= 0.3 is 12.0 Å². The predicted molar refractivity (Wildman–Crippen MR) is 101 cm³/mol. The van der Waals surface area contributed by atoms with Crippen molar-refractivity contribution in [1.82, 2.24) is 10.2 Å². The molecule has 0 saturated carbocycles. The molecule has 0 aromatic heterocycles. The number of nitrogens with one attached hydrogen (secondary N) is 1. The monoisotopic (exact) mass is 380 g/mol. The summed E-state index contributed by atoms with van der Waals surface area (Å²) in [4.78, 5) is 48.8. The lowest BCUT2D eigenvalue weighted by Gasteiger charge is -2.12. The molecular weight excluding hydrogens is 360 g/mol. The fourth-order valence-electron chi connectivity index (χ4n) is 2.87. The summed E-state index contributed by atoms with van der Waals surface area (Å²) in [6.07, 6.45) is 0. The number of aryl methyl sites for hydroxylation is 2. The maximum Gasteiger partial charge on any atom is 0.338 e. The molecule has 7 heteroatoms. The summed E-state index contributed by atoms with van der Waals surface area (Å²) in [6, 6.07) is 11.5. The number of carbonyl (C=O) groups is 4. The fraction of sp³-hybridized carbons (Fsp3) is 0.238. The van der Waals surface area contributed by atoms with Crippen LogP contribution in [0.25, 0.3) is 0 Å². The van der Waals surface area contributed by atoms with Crippen molar-refractivity contribution >= 4 is 23.7 Å². The zero-order chi connectivity index (χ0) is 20.3. The highest BCUT2D eigenvalue weighted by molar-refractivity contribution is 6.02. The Bertz CT molecular complexity index is 934. The molecule has 1 fully saturated rings. The number of ketones is 1. The van der Waals surface area contributed by atoms with E-state index in [2.05, 4.69) is 5.32 Å². The van der Waals surface area contributed by atoms with Crippen molar-refractivity contribution in [3.63, 3.8) is 0 Å². The predicted octanol–water partition coefficient (Wildman–Crippen LogP) is 2.39. The zero-order valence-corrected chi connectivity index (χ0v) is 15.7. The number of hydrogen-bond donors (Lipinski definition) is 1. The number of esters is 1. The molecule has 1 N–H and O–H groups in total. The normalized spacial score (nSPS) is 13.4. The zero-order valence-electron chi connectivity index (χ0n) is 15.7. The van der Waals surface area contributed by atoms with Crippen molar-refractivity contribution in [2.24, 2.45) is 0 Å². The molecule has 7 nitrogen and oxygen atoms in total. The van der Waals surface area contributed by atoms with E-state index in [1.165, 1.54) is 0 Å². The first kappa shape index (κ1) is 19.3. The fourth-order valence-corrected chi connectivity index (χ4v) is 2.87. The molecule has 1 saturated heterocycles. The minimum Gasteiger partial charge on any atom is -0.454 e. The van der Waals surface area contributed by atoms with E-state index in [9.17, 15) is 19.2 Å². The molecule has 0 unspecified atom stereocenters. The standard InChI is InChI=1S/C21H20N2O5/c1-13-3-4-14(2)17(9-13)18(24)12-28-20(26)16-7-5-15(6-8-16)11-23-19(25)10-22-21(23)27/h3-9H,10-12H2,1-2H3,(H,22,27). The van der Waals surface area contributed by atoms with Gasteiger partial charge in [-0.2, -0.15) is 0 Å². The van der Waals surface area contributed by atoms with Gasteiger partial charge in [0.1, 0.15) is 0 Å². The highest BCUT2D eigenvalue weighted by Gasteiger charge is 2.28. The van der Waals surface area contributed by atoms with Gasteiger partial charge in [-0.25, -0.2) is 9.59 Å². The number of ether oxygens (including phenoxy) is 1. The molecule has 3 amide bonds. The van der Waals surface area contributed by atoms with Gasteiger partial charge in [-0.15, -0.1) is 0 Å². The van der Waals surface area contributed by atoms with Crippen molar-refractivity contribution in [2.75, 3.05) is 13.2 Å². The van der Waals surface area contributed by atoms with E-state index >= 15 is 0 Å². The van der Waals surface area contributed by atoms with Crippen molar-refractivity contribution in [3.05, 3.63) is 70.3 Å². The van der Waals surface area contributed by atoms with Crippen LogP contribution < -0.4 is 5.32 Å². The van der Waals surface area contributed by atoms with Crippen LogP contribution in [0.2, 0.25) is 0 Å². The average molecular weight is 380 g/mol. The van der Waals surface area contributed by atoms with Crippen LogP contribution in [-0.2, 0) is 16.1 Å². The van der Waals surface area contributed by atoms with E-state index in [1.807, 2.05) is 26.0 Å². The van der Waals surface area contributed by atoms with E-state index in [1.54, 1.807) is 30.3 Å². The van der Waals surface area contributed by atoms with E-state index in [-0.39, 0.29) is 37.0 Å². The number of amides is 3. The van der Waals surface area contributed by atoms with E-state index in [0.29, 0.717) is 11.1 Å². The summed E-state index contributed by atoms with van der Waals surface area (Å²) in [5.41, 5.74) is 3.32. The first-order valence-corrected chi connectivity index (χ1v) is 8.80. The molecule has 2 aromatic rings. The lowest BCUT2D eigenvalue weighted by atomic mass is 10.0. The summed E-state index contributed by atoms with van der Waals surface area (Å²) in [5, 5.41) is 2.45. The quantitative estimate of drug-likeness (QED) is 0.472. The number of hydrogen-bond acceptors (Lipinski definition) is 5. The van der Waals surface area contributed by atoms with E-state index < -0.39 is 12.0 Å². The van der Waals surface area contributed by atoms with Gasteiger partial charge in [0.25, 0.3) is 0 Å². The van der Waals surface area contributed by atoms with Gasteiger partial charge in [0, 0.05) is 5.56 Å². The summed E-state index contributed by atoms with van der Waals surface area (Å²) in [6.45, 7) is 3.51. The minimum atomic E-state index is -0.611. The Morgan fingerprint density at radius 1 is 1.07 bits per heavy atom. The first-order chi connectivity index (χ1) is 13.3.